The summed E-state index contributed by atoms with van der Waals surface area (Å²) in [5.74, 6) is -1.97. The van der Waals surface area contributed by atoms with Crippen LogP contribution in [0.1, 0.15) is 32.3 Å². The average Bonchev–Trinajstić information content (AvgIpc) is 2.67. The number of esters is 1. The summed E-state index contributed by atoms with van der Waals surface area (Å²) < 4.78 is 31.5. The van der Waals surface area contributed by atoms with Gasteiger partial charge in [-0.25, -0.2) is 13.2 Å². The van der Waals surface area contributed by atoms with Crippen LogP contribution < -0.4 is 10.2 Å². The van der Waals surface area contributed by atoms with Crippen LogP contribution in [0.2, 0.25) is 0 Å². The molecule has 1 aromatic carbocycles. The molecule has 1 saturated heterocycles. The van der Waals surface area contributed by atoms with Crippen LogP contribution in [0.15, 0.2) is 24.3 Å². The van der Waals surface area contributed by atoms with E-state index in [1.165, 1.54) is 11.4 Å². The number of piperazine rings is 1. The Balaban J connectivity index is 1.97. The van der Waals surface area contributed by atoms with Crippen molar-refractivity contribution in [3.8, 4) is 0 Å². The molecule has 1 aliphatic rings. The van der Waals surface area contributed by atoms with E-state index in [2.05, 4.69) is 16.3 Å². The van der Waals surface area contributed by atoms with E-state index in [4.69, 9.17) is 4.74 Å². The third-order valence-electron chi connectivity index (χ3n) is 5.11. The van der Waals surface area contributed by atoms with Crippen molar-refractivity contribution in [3.05, 3.63) is 29.8 Å². The van der Waals surface area contributed by atoms with E-state index >= 15 is 0 Å². The number of ether oxygens (including phenoxy) is 1. The van der Waals surface area contributed by atoms with Crippen molar-refractivity contribution in [2.45, 2.75) is 39.2 Å². The fourth-order valence-corrected chi connectivity index (χ4v) is 4.90. The van der Waals surface area contributed by atoms with Crippen LogP contribution in [-0.4, -0.2) is 69.2 Å². The molecular formula is C20H31N3O5S. The normalized spacial score (nSPS) is 17.4. The number of carbonyl (C=O) groups is 2. The molecule has 162 valence electrons. The number of hydrogen-bond acceptors (Lipinski definition) is 6. The molecule has 1 N–H and O–H groups in total. The highest BCUT2D eigenvalue weighted by atomic mass is 32.2. The first-order valence-corrected chi connectivity index (χ1v) is 11.4. The van der Waals surface area contributed by atoms with Crippen molar-refractivity contribution in [1.82, 2.24) is 9.62 Å². The minimum absolute atomic E-state index is 0.312. The van der Waals surface area contributed by atoms with Crippen molar-refractivity contribution < 1.29 is 22.7 Å². The fraction of sp³-hybridized carbons (Fsp3) is 0.600. The molecule has 0 spiro atoms. The summed E-state index contributed by atoms with van der Waals surface area (Å²) in [5.41, 5.74) is 0.975. The number of methoxy groups -OCH3 is 1. The average molecular weight is 426 g/mol. The van der Waals surface area contributed by atoms with Gasteiger partial charge in [-0.3, -0.25) is 4.79 Å². The molecule has 2 rings (SSSR count). The highest BCUT2D eigenvalue weighted by Gasteiger charge is 2.37. The van der Waals surface area contributed by atoms with Crippen LogP contribution in [0.25, 0.3) is 0 Å². The SMILES string of the molecule is CCCC(C)(NC(=O)CS(=O)(=O)N1CCN(c2cccc(C)c2)CC1)C(=O)OC. The minimum Gasteiger partial charge on any atom is -0.467 e. The van der Waals surface area contributed by atoms with Gasteiger partial charge in [-0.15, -0.1) is 0 Å². The van der Waals surface area contributed by atoms with Gasteiger partial charge in [0.15, 0.2) is 0 Å². The van der Waals surface area contributed by atoms with Gasteiger partial charge in [-0.2, -0.15) is 4.31 Å². The van der Waals surface area contributed by atoms with E-state index in [1.54, 1.807) is 6.92 Å². The van der Waals surface area contributed by atoms with Crippen LogP contribution in [-0.2, 0) is 24.3 Å². The lowest BCUT2D eigenvalue weighted by atomic mass is 9.96. The second-order valence-electron chi connectivity index (χ2n) is 7.60. The predicted octanol–water partition coefficient (Wildman–Crippen LogP) is 1.29. The Labute approximate surface area is 173 Å². The minimum atomic E-state index is -3.77. The summed E-state index contributed by atoms with van der Waals surface area (Å²) >= 11 is 0. The topological polar surface area (TPSA) is 96.0 Å². The van der Waals surface area contributed by atoms with Gasteiger partial charge in [0, 0.05) is 31.9 Å². The van der Waals surface area contributed by atoms with Crippen LogP contribution in [0.3, 0.4) is 0 Å². The smallest absolute Gasteiger partial charge is 0.331 e. The molecular weight excluding hydrogens is 394 g/mol. The Morgan fingerprint density at radius 2 is 1.86 bits per heavy atom. The molecule has 1 heterocycles. The van der Waals surface area contributed by atoms with E-state index in [-0.39, 0.29) is 0 Å². The first-order chi connectivity index (χ1) is 13.6. The Hall–Kier alpha value is -2.13. The maximum Gasteiger partial charge on any atom is 0.331 e. The Bertz CT molecular complexity index is 834. The van der Waals surface area contributed by atoms with Gasteiger partial charge in [0.2, 0.25) is 15.9 Å². The van der Waals surface area contributed by atoms with Gasteiger partial charge in [0.1, 0.15) is 11.3 Å². The molecule has 1 fully saturated rings. The molecule has 0 radical (unpaired) electrons. The quantitative estimate of drug-likeness (QED) is 0.631. The molecule has 1 aliphatic heterocycles. The third kappa shape index (κ3) is 5.93. The number of benzene rings is 1. The number of nitrogens with zero attached hydrogens (tertiary/aromatic N) is 2. The standard InChI is InChI=1S/C20H31N3O5S/c1-5-9-20(3,19(25)28-4)21-18(24)15-29(26,27)23-12-10-22(11-13-23)17-8-6-7-16(2)14-17/h6-8,14H,5,9-13,15H2,1-4H3,(H,21,24). The zero-order valence-corrected chi connectivity index (χ0v) is 18.4. The van der Waals surface area contributed by atoms with Gasteiger partial charge in [0.25, 0.3) is 0 Å². The molecule has 0 saturated carbocycles. The van der Waals surface area contributed by atoms with Gasteiger partial charge < -0.3 is 15.0 Å². The van der Waals surface area contributed by atoms with Crippen molar-refractivity contribution in [2.75, 3.05) is 43.9 Å². The van der Waals surface area contributed by atoms with Crippen molar-refractivity contribution >= 4 is 27.6 Å². The first kappa shape index (κ1) is 23.2. The maximum atomic E-state index is 12.7. The first-order valence-electron chi connectivity index (χ1n) is 9.80. The van der Waals surface area contributed by atoms with Gasteiger partial charge in [0.05, 0.1) is 7.11 Å². The maximum absolute atomic E-state index is 12.7. The largest absolute Gasteiger partial charge is 0.467 e. The Morgan fingerprint density at radius 3 is 2.41 bits per heavy atom. The molecule has 1 unspecified atom stereocenters. The third-order valence-corrected chi connectivity index (χ3v) is 6.89. The molecule has 8 nitrogen and oxygen atoms in total. The van der Waals surface area contributed by atoms with Crippen LogP contribution in [0.4, 0.5) is 5.69 Å². The van der Waals surface area contributed by atoms with E-state index in [0.717, 1.165) is 11.3 Å². The molecule has 1 amide bonds. The number of sulfonamides is 1. The van der Waals surface area contributed by atoms with Gasteiger partial charge in [-0.1, -0.05) is 25.5 Å². The van der Waals surface area contributed by atoms with E-state index in [1.807, 2.05) is 32.0 Å². The summed E-state index contributed by atoms with van der Waals surface area (Å²) in [7, 11) is -2.53. The Kier molecular flexibility index (Phi) is 7.65. The second-order valence-corrected chi connectivity index (χ2v) is 9.57. The van der Waals surface area contributed by atoms with E-state index in [9.17, 15) is 18.0 Å². The molecule has 1 atom stereocenters. The van der Waals surface area contributed by atoms with Crippen LogP contribution in [0.5, 0.6) is 0 Å². The van der Waals surface area contributed by atoms with Gasteiger partial charge >= 0.3 is 5.97 Å². The number of nitrogens with one attached hydrogen (secondary N) is 1. The highest BCUT2D eigenvalue weighted by molar-refractivity contribution is 7.89. The second kappa shape index (κ2) is 9.58. The lowest BCUT2D eigenvalue weighted by molar-refractivity contribution is -0.150. The number of anilines is 1. The van der Waals surface area contributed by atoms with Crippen LogP contribution >= 0.6 is 0 Å². The summed E-state index contributed by atoms with van der Waals surface area (Å²) in [6.07, 6.45) is 1.00. The molecule has 0 bridgehead atoms. The van der Waals surface area contributed by atoms with E-state index < -0.39 is 33.2 Å². The number of hydrogen-bond donors (Lipinski definition) is 1. The molecule has 0 aliphatic carbocycles. The molecule has 0 aromatic heterocycles. The fourth-order valence-electron chi connectivity index (χ4n) is 3.59. The number of carbonyl (C=O) groups excluding carboxylic acids is 2. The van der Waals surface area contributed by atoms with Gasteiger partial charge in [-0.05, 0) is 38.0 Å². The van der Waals surface area contributed by atoms with E-state index in [0.29, 0.717) is 39.0 Å². The number of rotatable bonds is 8. The summed E-state index contributed by atoms with van der Waals surface area (Å²) in [4.78, 5) is 26.6. The molecule has 9 heteroatoms. The van der Waals surface area contributed by atoms with Crippen molar-refractivity contribution in [2.24, 2.45) is 0 Å². The number of aryl methyl sites for hydroxylation is 1. The zero-order valence-electron chi connectivity index (χ0n) is 17.6. The Morgan fingerprint density at radius 1 is 1.21 bits per heavy atom. The van der Waals surface area contributed by atoms with Crippen molar-refractivity contribution in [1.29, 1.82) is 0 Å². The molecule has 1 aromatic rings. The van der Waals surface area contributed by atoms with Crippen LogP contribution in [0, 0.1) is 6.92 Å². The summed E-state index contributed by atoms with van der Waals surface area (Å²) in [6.45, 7) is 7.17. The lowest BCUT2D eigenvalue weighted by Gasteiger charge is -2.35. The highest BCUT2D eigenvalue weighted by Crippen LogP contribution is 2.19. The summed E-state index contributed by atoms with van der Waals surface area (Å²) in [6, 6.07) is 8.07. The monoisotopic (exact) mass is 425 g/mol. The zero-order chi connectivity index (χ0) is 21.7. The number of amides is 1. The van der Waals surface area contributed by atoms with Crippen molar-refractivity contribution in [3.63, 3.8) is 0 Å². The summed E-state index contributed by atoms with van der Waals surface area (Å²) in [5, 5.41) is 2.55. The predicted molar refractivity (Wildman–Crippen MR) is 112 cm³/mol. The molecule has 29 heavy (non-hydrogen) atoms. The lowest BCUT2D eigenvalue weighted by Crippen LogP contribution is -2.56.